The second-order valence-corrected chi connectivity index (χ2v) is 5.08. The number of likely N-dealkylation sites (N-methyl/N-ethyl adjacent to an activating group) is 1. The number of nitrogens with two attached hydrogens (primary N) is 1. The van der Waals surface area contributed by atoms with Crippen LogP contribution in [0.2, 0.25) is 0 Å². The van der Waals surface area contributed by atoms with Crippen LogP contribution in [-0.2, 0) is 0 Å². The van der Waals surface area contributed by atoms with Gasteiger partial charge >= 0.3 is 0 Å². The summed E-state index contributed by atoms with van der Waals surface area (Å²) in [7, 11) is 2.22. The van der Waals surface area contributed by atoms with E-state index in [1.54, 1.807) is 0 Å². The first-order chi connectivity index (χ1) is 6.66. The van der Waals surface area contributed by atoms with Gasteiger partial charge in [0, 0.05) is 31.2 Å². The minimum Gasteiger partial charge on any atom is -0.328 e. The third-order valence-corrected chi connectivity index (χ3v) is 3.80. The summed E-state index contributed by atoms with van der Waals surface area (Å²) in [5.41, 5.74) is 5.98. The van der Waals surface area contributed by atoms with Crippen molar-refractivity contribution in [2.75, 3.05) is 26.7 Å². The predicted molar refractivity (Wildman–Crippen MR) is 59.3 cm³/mol. The summed E-state index contributed by atoms with van der Waals surface area (Å²) in [6.45, 7) is 6.05. The van der Waals surface area contributed by atoms with E-state index in [0.717, 1.165) is 6.04 Å². The fourth-order valence-electron chi connectivity index (χ4n) is 2.95. The van der Waals surface area contributed by atoms with Gasteiger partial charge in [-0.15, -0.1) is 0 Å². The highest BCUT2D eigenvalue weighted by Gasteiger charge is 2.32. The van der Waals surface area contributed by atoms with Crippen LogP contribution < -0.4 is 5.73 Å². The fourth-order valence-corrected chi connectivity index (χ4v) is 2.95. The summed E-state index contributed by atoms with van der Waals surface area (Å²) in [4.78, 5) is 5.11. The van der Waals surface area contributed by atoms with Crippen LogP contribution in [0.25, 0.3) is 0 Å². The lowest BCUT2D eigenvalue weighted by atomic mass is 9.97. The topological polar surface area (TPSA) is 32.5 Å². The normalized spacial score (nSPS) is 41.8. The van der Waals surface area contributed by atoms with Crippen LogP contribution in [0.15, 0.2) is 0 Å². The highest BCUT2D eigenvalue weighted by atomic mass is 15.3. The van der Waals surface area contributed by atoms with E-state index in [1.807, 2.05) is 0 Å². The van der Waals surface area contributed by atoms with Crippen LogP contribution >= 0.6 is 0 Å². The number of likely N-dealkylation sites (tertiary alicyclic amines) is 2. The van der Waals surface area contributed by atoms with Crippen LogP contribution in [0.3, 0.4) is 0 Å². The summed E-state index contributed by atoms with van der Waals surface area (Å²) in [5, 5.41) is 0. The Labute approximate surface area is 87.2 Å². The Morgan fingerprint density at radius 1 is 1.21 bits per heavy atom. The lowest BCUT2D eigenvalue weighted by Crippen LogP contribution is -2.50. The molecule has 0 amide bonds. The Bertz CT molecular complexity index is 195. The molecule has 3 atom stereocenters. The molecular weight excluding hydrogens is 174 g/mol. The van der Waals surface area contributed by atoms with Gasteiger partial charge in [-0.25, -0.2) is 0 Å². The van der Waals surface area contributed by atoms with Crippen molar-refractivity contribution in [3.63, 3.8) is 0 Å². The van der Waals surface area contributed by atoms with E-state index in [2.05, 4.69) is 23.8 Å². The Balaban J connectivity index is 1.91. The molecule has 0 aliphatic carbocycles. The Kier molecular flexibility index (Phi) is 3.10. The summed E-state index contributed by atoms with van der Waals surface area (Å²) >= 11 is 0. The maximum absolute atomic E-state index is 5.98. The molecule has 2 rings (SSSR count). The van der Waals surface area contributed by atoms with Crippen LogP contribution in [0.1, 0.15) is 26.2 Å². The number of nitrogens with zero attached hydrogens (tertiary/aromatic N) is 2. The van der Waals surface area contributed by atoms with Gasteiger partial charge in [0.25, 0.3) is 0 Å². The summed E-state index contributed by atoms with van der Waals surface area (Å²) in [5.74, 6) is 0. The molecule has 2 N–H and O–H groups in total. The monoisotopic (exact) mass is 197 g/mol. The standard InChI is InChI=1S/C11H23N3/c1-9-7-10(12)3-6-14(9)11-4-5-13(2)8-11/h9-11H,3-8,12H2,1-2H3. The minimum atomic E-state index is 0.445. The Morgan fingerprint density at radius 3 is 2.57 bits per heavy atom. The molecule has 3 unspecified atom stereocenters. The van der Waals surface area contributed by atoms with Crippen molar-refractivity contribution in [1.29, 1.82) is 0 Å². The van der Waals surface area contributed by atoms with E-state index in [0.29, 0.717) is 12.1 Å². The molecule has 0 bridgehead atoms. The van der Waals surface area contributed by atoms with E-state index < -0.39 is 0 Å². The van der Waals surface area contributed by atoms with Crippen LogP contribution in [-0.4, -0.2) is 54.6 Å². The minimum absolute atomic E-state index is 0.445. The number of hydrogen-bond donors (Lipinski definition) is 1. The molecule has 14 heavy (non-hydrogen) atoms. The second kappa shape index (κ2) is 4.17. The summed E-state index contributed by atoms with van der Waals surface area (Å²) in [6, 6.07) is 1.93. The van der Waals surface area contributed by atoms with Gasteiger partial charge in [-0.1, -0.05) is 0 Å². The predicted octanol–water partition coefficient (Wildman–Crippen LogP) is 0.502. The first-order valence-electron chi connectivity index (χ1n) is 5.86. The van der Waals surface area contributed by atoms with Gasteiger partial charge in [0.05, 0.1) is 0 Å². The van der Waals surface area contributed by atoms with Gasteiger partial charge in [-0.2, -0.15) is 0 Å². The van der Waals surface area contributed by atoms with E-state index in [9.17, 15) is 0 Å². The maximum atomic E-state index is 5.98. The number of piperidine rings is 1. The molecule has 3 heteroatoms. The molecule has 2 aliphatic rings. The van der Waals surface area contributed by atoms with Gasteiger partial charge in [-0.3, -0.25) is 4.90 Å². The molecule has 2 aliphatic heterocycles. The van der Waals surface area contributed by atoms with Crippen molar-refractivity contribution in [3.8, 4) is 0 Å². The lowest BCUT2D eigenvalue weighted by Gasteiger charge is -2.40. The molecule has 2 saturated heterocycles. The van der Waals surface area contributed by atoms with Gasteiger partial charge in [0.15, 0.2) is 0 Å². The average molecular weight is 197 g/mol. The van der Waals surface area contributed by atoms with E-state index in [1.165, 1.54) is 38.9 Å². The highest BCUT2D eigenvalue weighted by Crippen LogP contribution is 2.23. The number of rotatable bonds is 1. The number of hydrogen-bond acceptors (Lipinski definition) is 3. The van der Waals surface area contributed by atoms with Crippen LogP contribution in [0, 0.1) is 0 Å². The van der Waals surface area contributed by atoms with E-state index >= 15 is 0 Å². The summed E-state index contributed by atoms with van der Waals surface area (Å²) < 4.78 is 0. The van der Waals surface area contributed by atoms with E-state index in [-0.39, 0.29) is 0 Å². The third kappa shape index (κ3) is 2.10. The molecule has 0 saturated carbocycles. The molecule has 0 aromatic carbocycles. The van der Waals surface area contributed by atoms with Gasteiger partial charge in [0.1, 0.15) is 0 Å². The van der Waals surface area contributed by atoms with Crippen LogP contribution in [0.5, 0.6) is 0 Å². The Hall–Kier alpha value is -0.120. The Morgan fingerprint density at radius 2 is 2.00 bits per heavy atom. The lowest BCUT2D eigenvalue weighted by molar-refractivity contribution is 0.0997. The SMILES string of the molecule is CC1CC(N)CCN1C1CCN(C)C1. The van der Waals surface area contributed by atoms with Crippen molar-refractivity contribution in [2.45, 2.75) is 44.3 Å². The summed E-state index contributed by atoms with van der Waals surface area (Å²) in [6.07, 6.45) is 3.71. The largest absolute Gasteiger partial charge is 0.328 e. The molecule has 0 radical (unpaired) electrons. The molecule has 0 aromatic heterocycles. The molecule has 0 spiro atoms. The second-order valence-electron chi connectivity index (χ2n) is 5.08. The van der Waals surface area contributed by atoms with Crippen molar-refractivity contribution in [2.24, 2.45) is 5.73 Å². The molecule has 2 heterocycles. The average Bonchev–Trinajstić information content (AvgIpc) is 2.51. The van der Waals surface area contributed by atoms with E-state index in [4.69, 9.17) is 5.73 Å². The zero-order valence-corrected chi connectivity index (χ0v) is 9.45. The van der Waals surface area contributed by atoms with Crippen LogP contribution in [0.4, 0.5) is 0 Å². The van der Waals surface area contributed by atoms with Gasteiger partial charge in [0.2, 0.25) is 0 Å². The molecule has 0 aromatic rings. The zero-order chi connectivity index (χ0) is 10.1. The molecule has 2 fully saturated rings. The smallest absolute Gasteiger partial charge is 0.0238 e. The molecular formula is C11H23N3. The first-order valence-corrected chi connectivity index (χ1v) is 5.86. The fraction of sp³-hybridized carbons (Fsp3) is 1.00. The highest BCUT2D eigenvalue weighted by molar-refractivity contribution is 4.89. The third-order valence-electron chi connectivity index (χ3n) is 3.80. The van der Waals surface area contributed by atoms with Crippen molar-refractivity contribution >= 4 is 0 Å². The van der Waals surface area contributed by atoms with Crippen molar-refractivity contribution < 1.29 is 0 Å². The zero-order valence-electron chi connectivity index (χ0n) is 9.45. The van der Waals surface area contributed by atoms with Crippen molar-refractivity contribution in [1.82, 2.24) is 9.80 Å². The van der Waals surface area contributed by atoms with Gasteiger partial charge in [-0.05, 0) is 39.8 Å². The molecule has 3 nitrogen and oxygen atoms in total. The van der Waals surface area contributed by atoms with Gasteiger partial charge < -0.3 is 10.6 Å². The maximum Gasteiger partial charge on any atom is 0.0238 e. The quantitative estimate of drug-likeness (QED) is 0.664. The molecule has 82 valence electrons. The van der Waals surface area contributed by atoms with Crippen molar-refractivity contribution in [3.05, 3.63) is 0 Å². The first kappa shape index (κ1) is 10.4.